The summed E-state index contributed by atoms with van der Waals surface area (Å²) < 4.78 is 7.25. The average molecular weight is 273 g/mol. The molecule has 0 bridgehead atoms. The summed E-state index contributed by atoms with van der Waals surface area (Å²) in [6, 6.07) is 7.88. The predicted octanol–water partition coefficient (Wildman–Crippen LogP) is 1.19. The largest absolute Gasteiger partial charge is 0.381 e. The third-order valence-electron chi connectivity index (χ3n) is 4.14. The SMILES string of the molecule is Cn1c(CC(=O)C2(N)CCOCC2)nc2ccccc21. The standard InChI is InChI=1S/C15H19N3O2/c1-18-12-5-3-2-4-11(12)17-14(18)10-13(19)15(16)6-8-20-9-7-15/h2-5H,6-10,16H2,1H3. The zero-order chi connectivity index (χ0) is 14.2. The topological polar surface area (TPSA) is 70.1 Å². The van der Waals surface area contributed by atoms with Crippen LogP contribution in [0.5, 0.6) is 0 Å². The molecule has 0 spiro atoms. The van der Waals surface area contributed by atoms with E-state index in [1.54, 1.807) is 0 Å². The van der Waals surface area contributed by atoms with Crippen LogP contribution in [0.1, 0.15) is 18.7 Å². The first kappa shape index (κ1) is 13.3. The van der Waals surface area contributed by atoms with Crippen molar-refractivity contribution >= 4 is 16.8 Å². The van der Waals surface area contributed by atoms with Crippen LogP contribution in [0.15, 0.2) is 24.3 Å². The highest BCUT2D eigenvalue weighted by Crippen LogP contribution is 2.22. The quantitative estimate of drug-likeness (QED) is 0.912. The van der Waals surface area contributed by atoms with Crippen molar-refractivity contribution in [1.82, 2.24) is 9.55 Å². The second-order valence-electron chi connectivity index (χ2n) is 5.44. The van der Waals surface area contributed by atoms with Gasteiger partial charge in [0.25, 0.3) is 0 Å². The molecule has 1 aromatic heterocycles. The highest BCUT2D eigenvalue weighted by Gasteiger charge is 2.36. The van der Waals surface area contributed by atoms with Gasteiger partial charge in [0.1, 0.15) is 5.82 Å². The van der Waals surface area contributed by atoms with Crippen LogP contribution in [-0.4, -0.2) is 34.1 Å². The number of carbonyl (C=O) groups is 1. The predicted molar refractivity (Wildman–Crippen MR) is 76.4 cm³/mol. The number of Topliss-reactive ketones (excluding diaryl/α,β-unsaturated/α-hetero) is 1. The number of benzene rings is 1. The van der Waals surface area contributed by atoms with Crippen molar-refractivity contribution in [3.8, 4) is 0 Å². The van der Waals surface area contributed by atoms with E-state index < -0.39 is 5.54 Å². The number of imidazole rings is 1. The molecule has 1 saturated heterocycles. The third kappa shape index (κ3) is 2.23. The minimum absolute atomic E-state index is 0.0548. The van der Waals surface area contributed by atoms with Crippen LogP contribution in [0, 0.1) is 0 Å². The Morgan fingerprint density at radius 1 is 1.40 bits per heavy atom. The summed E-state index contributed by atoms with van der Waals surface area (Å²) in [6.45, 7) is 1.12. The van der Waals surface area contributed by atoms with Gasteiger partial charge in [-0.25, -0.2) is 4.98 Å². The summed E-state index contributed by atoms with van der Waals surface area (Å²) >= 11 is 0. The fourth-order valence-corrected chi connectivity index (χ4v) is 2.69. The number of carbonyl (C=O) groups excluding carboxylic acids is 1. The van der Waals surface area contributed by atoms with E-state index in [1.165, 1.54) is 0 Å². The normalized spacial score (nSPS) is 18.3. The molecule has 1 aliphatic heterocycles. The Balaban J connectivity index is 1.85. The number of fused-ring (bicyclic) bond motifs is 1. The molecule has 2 aromatic rings. The Kier molecular flexibility index (Phi) is 3.31. The van der Waals surface area contributed by atoms with Crippen LogP contribution in [0.3, 0.4) is 0 Å². The zero-order valence-electron chi connectivity index (χ0n) is 11.6. The highest BCUT2D eigenvalue weighted by molar-refractivity contribution is 5.90. The van der Waals surface area contributed by atoms with Crippen LogP contribution in [0.25, 0.3) is 11.0 Å². The summed E-state index contributed by atoms with van der Waals surface area (Å²) in [5.74, 6) is 0.826. The number of ether oxygens (including phenoxy) is 1. The molecule has 0 radical (unpaired) electrons. The van der Waals surface area contributed by atoms with Crippen molar-refractivity contribution in [2.24, 2.45) is 12.8 Å². The molecule has 0 amide bonds. The van der Waals surface area contributed by atoms with Crippen LogP contribution in [-0.2, 0) is 23.0 Å². The molecule has 2 N–H and O–H groups in total. The Morgan fingerprint density at radius 3 is 2.80 bits per heavy atom. The minimum Gasteiger partial charge on any atom is -0.381 e. The van der Waals surface area contributed by atoms with Gasteiger partial charge in [0.15, 0.2) is 5.78 Å². The highest BCUT2D eigenvalue weighted by atomic mass is 16.5. The van der Waals surface area contributed by atoms with E-state index in [4.69, 9.17) is 10.5 Å². The summed E-state index contributed by atoms with van der Waals surface area (Å²) in [5, 5.41) is 0. The molecule has 5 heteroatoms. The Labute approximate surface area is 117 Å². The number of para-hydroxylation sites is 2. The van der Waals surface area contributed by atoms with Gasteiger partial charge in [0.2, 0.25) is 0 Å². The lowest BCUT2D eigenvalue weighted by atomic mass is 9.85. The number of rotatable bonds is 3. The minimum atomic E-state index is -0.754. The number of nitrogens with two attached hydrogens (primary N) is 1. The number of ketones is 1. The molecule has 1 fully saturated rings. The number of hydrogen-bond donors (Lipinski definition) is 1. The first-order valence-electron chi connectivity index (χ1n) is 6.90. The summed E-state index contributed by atoms with van der Waals surface area (Å²) in [5.41, 5.74) is 7.42. The van der Waals surface area contributed by atoms with Gasteiger partial charge in [-0.15, -0.1) is 0 Å². The molecular weight excluding hydrogens is 254 g/mol. The van der Waals surface area contributed by atoms with E-state index >= 15 is 0 Å². The van der Waals surface area contributed by atoms with Gasteiger partial charge in [0, 0.05) is 20.3 Å². The van der Waals surface area contributed by atoms with Crippen molar-refractivity contribution < 1.29 is 9.53 Å². The lowest BCUT2D eigenvalue weighted by Crippen LogP contribution is -2.52. The molecule has 0 aliphatic carbocycles. The van der Waals surface area contributed by atoms with Gasteiger partial charge in [-0.3, -0.25) is 4.79 Å². The van der Waals surface area contributed by atoms with E-state index in [-0.39, 0.29) is 12.2 Å². The molecule has 106 valence electrons. The first-order valence-corrected chi connectivity index (χ1v) is 6.90. The summed E-state index contributed by atoms with van der Waals surface area (Å²) in [7, 11) is 1.94. The molecule has 0 unspecified atom stereocenters. The fraction of sp³-hybridized carbons (Fsp3) is 0.467. The number of nitrogens with zero attached hydrogens (tertiary/aromatic N) is 2. The van der Waals surface area contributed by atoms with Crippen molar-refractivity contribution in [3.05, 3.63) is 30.1 Å². The fourth-order valence-electron chi connectivity index (χ4n) is 2.69. The smallest absolute Gasteiger partial charge is 0.160 e. The maximum absolute atomic E-state index is 12.5. The van der Waals surface area contributed by atoms with E-state index in [2.05, 4.69) is 4.98 Å². The summed E-state index contributed by atoms with van der Waals surface area (Å²) in [6.07, 6.45) is 1.47. The van der Waals surface area contributed by atoms with E-state index in [0.29, 0.717) is 26.1 Å². The molecule has 1 aromatic carbocycles. The van der Waals surface area contributed by atoms with Gasteiger partial charge >= 0.3 is 0 Å². The molecule has 3 rings (SSSR count). The van der Waals surface area contributed by atoms with Crippen molar-refractivity contribution in [2.75, 3.05) is 13.2 Å². The molecule has 0 atom stereocenters. The zero-order valence-corrected chi connectivity index (χ0v) is 11.6. The van der Waals surface area contributed by atoms with E-state index in [0.717, 1.165) is 16.9 Å². The Morgan fingerprint density at radius 2 is 2.10 bits per heavy atom. The molecule has 20 heavy (non-hydrogen) atoms. The van der Waals surface area contributed by atoms with Crippen molar-refractivity contribution in [1.29, 1.82) is 0 Å². The third-order valence-corrected chi connectivity index (χ3v) is 4.14. The Bertz CT molecular complexity index is 642. The van der Waals surface area contributed by atoms with Crippen LogP contribution >= 0.6 is 0 Å². The second kappa shape index (κ2) is 5.00. The lowest BCUT2D eigenvalue weighted by molar-refractivity contribution is -0.127. The summed E-state index contributed by atoms with van der Waals surface area (Å²) in [4.78, 5) is 17.0. The average Bonchev–Trinajstić information content (AvgIpc) is 2.77. The Hall–Kier alpha value is -1.72. The van der Waals surface area contributed by atoms with Gasteiger partial charge in [-0.05, 0) is 25.0 Å². The molecular formula is C15H19N3O2. The lowest BCUT2D eigenvalue weighted by Gasteiger charge is -2.31. The van der Waals surface area contributed by atoms with Crippen LogP contribution < -0.4 is 5.73 Å². The van der Waals surface area contributed by atoms with Gasteiger partial charge in [-0.2, -0.15) is 0 Å². The molecule has 1 aliphatic rings. The van der Waals surface area contributed by atoms with Gasteiger partial charge in [0.05, 0.1) is 23.0 Å². The van der Waals surface area contributed by atoms with E-state index in [1.807, 2.05) is 35.9 Å². The van der Waals surface area contributed by atoms with Crippen LogP contribution in [0.4, 0.5) is 0 Å². The van der Waals surface area contributed by atoms with Gasteiger partial charge in [-0.1, -0.05) is 12.1 Å². The maximum Gasteiger partial charge on any atom is 0.160 e. The number of aromatic nitrogens is 2. The molecule has 0 saturated carbocycles. The number of hydrogen-bond acceptors (Lipinski definition) is 4. The second-order valence-corrected chi connectivity index (χ2v) is 5.44. The first-order chi connectivity index (χ1) is 9.60. The monoisotopic (exact) mass is 273 g/mol. The number of aryl methyl sites for hydroxylation is 1. The molecule has 5 nitrogen and oxygen atoms in total. The van der Waals surface area contributed by atoms with Crippen molar-refractivity contribution in [3.63, 3.8) is 0 Å². The maximum atomic E-state index is 12.5. The van der Waals surface area contributed by atoms with Gasteiger partial charge < -0.3 is 15.0 Å². The van der Waals surface area contributed by atoms with E-state index in [9.17, 15) is 4.79 Å². The van der Waals surface area contributed by atoms with Crippen molar-refractivity contribution in [2.45, 2.75) is 24.8 Å². The molecule has 2 heterocycles. The van der Waals surface area contributed by atoms with Crippen LogP contribution in [0.2, 0.25) is 0 Å².